The summed E-state index contributed by atoms with van der Waals surface area (Å²) in [7, 11) is -3.83. The van der Waals surface area contributed by atoms with E-state index in [-0.39, 0.29) is 15.7 Å². The van der Waals surface area contributed by atoms with E-state index in [1.54, 1.807) is 18.2 Å². The van der Waals surface area contributed by atoms with Crippen LogP contribution >= 0.6 is 11.3 Å². The number of benzene rings is 1. The third-order valence-corrected chi connectivity index (χ3v) is 5.11. The van der Waals surface area contributed by atoms with Crippen molar-refractivity contribution in [2.75, 3.05) is 0 Å². The first-order valence-corrected chi connectivity index (χ1v) is 7.73. The van der Waals surface area contributed by atoms with Gasteiger partial charge in [-0.15, -0.1) is 11.3 Å². The number of rotatable bonds is 4. The molecule has 0 aliphatic rings. The molecule has 6 heteroatoms. The van der Waals surface area contributed by atoms with E-state index in [1.165, 1.54) is 25.1 Å². The van der Waals surface area contributed by atoms with Crippen molar-refractivity contribution in [1.29, 1.82) is 0 Å². The van der Waals surface area contributed by atoms with Gasteiger partial charge in [-0.3, -0.25) is 4.79 Å². The monoisotopic (exact) mass is 296 g/mol. The molecular formula is C13H12O4S2. The maximum Gasteiger partial charge on any atom is 0.348 e. The van der Waals surface area contributed by atoms with Crippen LogP contribution in [0.4, 0.5) is 0 Å². The second-order valence-electron chi connectivity index (χ2n) is 3.99. The Hall–Kier alpha value is -1.66. The molecule has 0 spiro atoms. The van der Waals surface area contributed by atoms with E-state index in [0.29, 0.717) is 5.56 Å². The Kier molecular flexibility index (Phi) is 3.73. The summed E-state index contributed by atoms with van der Waals surface area (Å²) in [6.45, 7) is 3.23. The molecule has 0 aliphatic heterocycles. The molecule has 100 valence electrons. The summed E-state index contributed by atoms with van der Waals surface area (Å²) < 4.78 is 29.2. The minimum absolute atomic E-state index is 0.138. The standard InChI is InChI=1S/C13H12O4S2/c1-9-6-7-13(18-9)19(15,16)17-12-5-3-4-11(8-12)10(2)14/h3-8H,1-2H3. The first kappa shape index (κ1) is 13.8. The second-order valence-corrected chi connectivity index (χ2v) is 7.05. The normalized spacial score (nSPS) is 11.3. The second kappa shape index (κ2) is 5.14. The third kappa shape index (κ3) is 3.21. The van der Waals surface area contributed by atoms with Crippen molar-refractivity contribution in [3.8, 4) is 5.75 Å². The van der Waals surface area contributed by atoms with Crippen LogP contribution in [0.15, 0.2) is 40.6 Å². The Labute approximate surface area is 115 Å². The van der Waals surface area contributed by atoms with Gasteiger partial charge in [-0.1, -0.05) is 12.1 Å². The highest BCUT2D eigenvalue weighted by Gasteiger charge is 2.19. The molecule has 0 amide bonds. The molecule has 4 nitrogen and oxygen atoms in total. The van der Waals surface area contributed by atoms with Gasteiger partial charge in [0.2, 0.25) is 0 Å². The molecule has 0 unspecified atom stereocenters. The van der Waals surface area contributed by atoms with E-state index in [9.17, 15) is 13.2 Å². The van der Waals surface area contributed by atoms with Crippen LogP contribution in [-0.2, 0) is 10.1 Å². The number of carbonyl (C=O) groups is 1. The number of hydrogen-bond acceptors (Lipinski definition) is 5. The van der Waals surface area contributed by atoms with E-state index in [0.717, 1.165) is 16.2 Å². The molecule has 1 aromatic heterocycles. The van der Waals surface area contributed by atoms with E-state index >= 15 is 0 Å². The average molecular weight is 296 g/mol. The van der Waals surface area contributed by atoms with Crippen LogP contribution in [0.3, 0.4) is 0 Å². The molecule has 0 bridgehead atoms. The largest absolute Gasteiger partial charge is 0.378 e. The summed E-state index contributed by atoms with van der Waals surface area (Å²) in [6, 6.07) is 9.33. The molecule has 2 rings (SSSR count). The number of aryl methyl sites for hydroxylation is 1. The van der Waals surface area contributed by atoms with Crippen molar-refractivity contribution in [3.05, 3.63) is 46.8 Å². The van der Waals surface area contributed by atoms with Gasteiger partial charge in [0.15, 0.2) is 9.99 Å². The Morgan fingerprint density at radius 2 is 1.95 bits per heavy atom. The molecule has 0 saturated carbocycles. The maximum atomic E-state index is 12.0. The topological polar surface area (TPSA) is 60.4 Å². The van der Waals surface area contributed by atoms with Crippen molar-refractivity contribution < 1.29 is 17.4 Å². The quantitative estimate of drug-likeness (QED) is 0.642. The fourth-order valence-electron chi connectivity index (χ4n) is 1.48. The zero-order valence-corrected chi connectivity index (χ0v) is 12.0. The van der Waals surface area contributed by atoms with Gasteiger partial charge in [-0.25, -0.2) is 0 Å². The molecule has 0 aliphatic carbocycles. The smallest absolute Gasteiger partial charge is 0.348 e. The number of Topliss-reactive ketones (excluding diaryl/α,β-unsaturated/α-hetero) is 1. The molecule has 0 saturated heterocycles. The molecule has 1 aromatic carbocycles. The number of carbonyl (C=O) groups excluding carboxylic acids is 1. The van der Waals surface area contributed by atoms with Crippen molar-refractivity contribution >= 4 is 27.2 Å². The van der Waals surface area contributed by atoms with Crippen LogP contribution in [0.2, 0.25) is 0 Å². The SMILES string of the molecule is CC(=O)c1cccc(OS(=O)(=O)c2ccc(C)s2)c1. The third-order valence-electron chi connectivity index (χ3n) is 2.41. The minimum Gasteiger partial charge on any atom is -0.378 e. The van der Waals surface area contributed by atoms with Gasteiger partial charge in [-0.2, -0.15) is 8.42 Å². The van der Waals surface area contributed by atoms with Gasteiger partial charge in [0.05, 0.1) is 0 Å². The van der Waals surface area contributed by atoms with E-state index < -0.39 is 10.1 Å². The van der Waals surface area contributed by atoms with Crippen molar-refractivity contribution in [1.82, 2.24) is 0 Å². The molecule has 1 heterocycles. The Balaban J connectivity index is 2.30. The first-order valence-electron chi connectivity index (χ1n) is 5.50. The van der Waals surface area contributed by atoms with Crippen LogP contribution in [0.5, 0.6) is 5.75 Å². The lowest BCUT2D eigenvalue weighted by molar-refractivity contribution is 0.101. The first-order chi connectivity index (χ1) is 8.88. The Bertz CT molecular complexity index is 714. The van der Waals surface area contributed by atoms with Gasteiger partial charge < -0.3 is 4.18 Å². The minimum atomic E-state index is -3.83. The van der Waals surface area contributed by atoms with Crippen LogP contribution in [-0.4, -0.2) is 14.2 Å². The van der Waals surface area contributed by atoms with E-state index in [4.69, 9.17) is 4.18 Å². The molecule has 0 atom stereocenters. The van der Waals surface area contributed by atoms with Crippen molar-refractivity contribution in [2.45, 2.75) is 18.1 Å². The zero-order valence-electron chi connectivity index (χ0n) is 10.4. The highest BCUT2D eigenvalue weighted by Crippen LogP contribution is 2.25. The molecule has 0 radical (unpaired) electrons. The Morgan fingerprint density at radius 3 is 2.53 bits per heavy atom. The summed E-state index contributed by atoms with van der Waals surface area (Å²) in [5.74, 6) is -0.00595. The predicted octanol–water partition coefficient (Wildman–Crippen LogP) is 3.03. The van der Waals surface area contributed by atoms with Gasteiger partial charge in [-0.05, 0) is 38.1 Å². The molecule has 0 N–H and O–H groups in total. The number of thiophene rings is 1. The predicted molar refractivity (Wildman–Crippen MR) is 73.3 cm³/mol. The molecule has 19 heavy (non-hydrogen) atoms. The highest BCUT2D eigenvalue weighted by atomic mass is 32.3. The number of hydrogen-bond donors (Lipinski definition) is 0. The molecular weight excluding hydrogens is 284 g/mol. The summed E-state index contributed by atoms with van der Waals surface area (Å²) in [6.07, 6.45) is 0. The van der Waals surface area contributed by atoms with Crippen LogP contribution in [0.1, 0.15) is 22.2 Å². The average Bonchev–Trinajstić information content (AvgIpc) is 2.76. The maximum absolute atomic E-state index is 12.0. The summed E-state index contributed by atoms with van der Waals surface area (Å²) in [5, 5.41) is 0. The summed E-state index contributed by atoms with van der Waals surface area (Å²) >= 11 is 1.14. The Morgan fingerprint density at radius 1 is 1.21 bits per heavy atom. The van der Waals surface area contributed by atoms with Crippen LogP contribution in [0.25, 0.3) is 0 Å². The lowest BCUT2D eigenvalue weighted by atomic mass is 10.1. The lowest BCUT2D eigenvalue weighted by Gasteiger charge is -2.05. The van der Waals surface area contributed by atoms with E-state index in [1.807, 2.05) is 6.92 Å². The van der Waals surface area contributed by atoms with Crippen LogP contribution < -0.4 is 4.18 Å². The van der Waals surface area contributed by atoms with Gasteiger partial charge in [0, 0.05) is 10.4 Å². The van der Waals surface area contributed by atoms with Gasteiger partial charge in [0.1, 0.15) is 5.75 Å². The molecule has 0 fully saturated rings. The van der Waals surface area contributed by atoms with Crippen LogP contribution in [0, 0.1) is 6.92 Å². The lowest BCUT2D eigenvalue weighted by Crippen LogP contribution is -2.08. The van der Waals surface area contributed by atoms with Gasteiger partial charge in [0.25, 0.3) is 0 Å². The van der Waals surface area contributed by atoms with Gasteiger partial charge >= 0.3 is 10.1 Å². The van der Waals surface area contributed by atoms with E-state index in [2.05, 4.69) is 0 Å². The van der Waals surface area contributed by atoms with Crippen molar-refractivity contribution in [3.63, 3.8) is 0 Å². The summed E-state index contributed by atoms with van der Waals surface area (Å²) in [4.78, 5) is 12.1. The fourth-order valence-corrected chi connectivity index (χ4v) is 3.65. The van der Waals surface area contributed by atoms with Crippen molar-refractivity contribution in [2.24, 2.45) is 0 Å². The fraction of sp³-hybridized carbons (Fsp3) is 0.154. The summed E-state index contributed by atoms with van der Waals surface area (Å²) in [5.41, 5.74) is 0.412. The zero-order chi connectivity index (χ0) is 14.0. The number of ketones is 1. The highest BCUT2D eigenvalue weighted by molar-refractivity contribution is 7.89. The molecule has 2 aromatic rings.